The van der Waals surface area contributed by atoms with E-state index in [-0.39, 0.29) is 11.6 Å². The normalized spacial score (nSPS) is 10.3. The number of hydrogen-bond donors (Lipinski definition) is 0. The highest BCUT2D eigenvalue weighted by molar-refractivity contribution is 5.95. The van der Waals surface area contributed by atoms with Crippen LogP contribution in [0.15, 0.2) is 42.6 Å². The predicted octanol–water partition coefficient (Wildman–Crippen LogP) is 3.47. The van der Waals surface area contributed by atoms with Crippen LogP contribution >= 0.6 is 0 Å². The van der Waals surface area contributed by atoms with Crippen LogP contribution in [0.2, 0.25) is 0 Å². The Hall–Kier alpha value is -2.29. The predicted molar refractivity (Wildman–Crippen MR) is 78.7 cm³/mol. The first kappa shape index (κ1) is 14.1. The molecule has 0 saturated carbocycles. The van der Waals surface area contributed by atoms with Crippen molar-refractivity contribution in [2.45, 2.75) is 26.7 Å². The highest BCUT2D eigenvalue weighted by Gasteiger charge is 2.10. The maximum Gasteiger partial charge on any atom is 0.159 e. The van der Waals surface area contributed by atoms with Gasteiger partial charge in [0.05, 0.1) is 5.69 Å². The molecule has 2 aromatic rings. The Balaban J connectivity index is 2.44. The van der Waals surface area contributed by atoms with E-state index in [2.05, 4.69) is 4.98 Å². The van der Waals surface area contributed by atoms with E-state index in [4.69, 9.17) is 0 Å². The van der Waals surface area contributed by atoms with Crippen molar-refractivity contribution in [3.8, 4) is 11.3 Å². The summed E-state index contributed by atoms with van der Waals surface area (Å²) in [7, 11) is 0. The van der Waals surface area contributed by atoms with E-state index in [1.807, 2.05) is 36.4 Å². The average molecular weight is 267 g/mol. The molecule has 3 nitrogen and oxygen atoms in total. The number of aryl methyl sites for hydroxylation is 1. The average Bonchev–Trinajstić information content (AvgIpc) is 2.45. The van der Waals surface area contributed by atoms with Gasteiger partial charge in [-0.2, -0.15) is 0 Å². The Bertz CT molecular complexity index is 633. The van der Waals surface area contributed by atoms with Gasteiger partial charge in [-0.1, -0.05) is 18.2 Å². The van der Waals surface area contributed by atoms with Gasteiger partial charge in [0.1, 0.15) is 5.78 Å². The molecule has 0 fully saturated rings. The van der Waals surface area contributed by atoms with E-state index in [1.165, 1.54) is 0 Å². The summed E-state index contributed by atoms with van der Waals surface area (Å²) in [5.41, 5.74) is 3.51. The fraction of sp³-hybridized carbons (Fsp3) is 0.235. The van der Waals surface area contributed by atoms with Crippen LogP contribution in [0.5, 0.6) is 0 Å². The fourth-order valence-corrected chi connectivity index (χ4v) is 2.10. The second-order valence-corrected chi connectivity index (χ2v) is 4.85. The Labute approximate surface area is 118 Å². The second-order valence-electron chi connectivity index (χ2n) is 4.85. The summed E-state index contributed by atoms with van der Waals surface area (Å²) in [4.78, 5) is 27.0. The molecule has 0 aliphatic heterocycles. The van der Waals surface area contributed by atoms with Gasteiger partial charge in [-0.25, -0.2) is 0 Å². The molecule has 0 unspecified atom stereocenters. The van der Waals surface area contributed by atoms with Crippen molar-refractivity contribution in [1.82, 2.24) is 4.98 Å². The van der Waals surface area contributed by atoms with Gasteiger partial charge in [-0.05, 0) is 44.0 Å². The molecule has 0 N–H and O–H groups in total. The summed E-state index contributed by atoms with van der Waals surface area (Å²) >= 11 is 0. The van der Waals surface area contributed by atoms with Crippen LogP contribution in [-0.2, 0) is 11.2 Å². The molecule has 1 aromatic heterocycles. The molecule has 0 aliphatic rings. The number of hydrogen-bond acceptors (Lipinski definition) is 3. The zero-order valence-electron chi connectivity index (χ0n) is 11.7. The Morgan fingerprint density at radius 2 is 1.90 bits per heavy atom. The molecule has 0 aliphatic carbocycles. The van der Waals surface area contributed by atoms with Crippen molar-refractivity contribution >= 4 is 11.6 Å². The molecule has 0 saturated heterocycles. The summed E-state index contributed by atoms with van der Waals surface area (Å²) < 4.78 is 0. The number of rotatable bonds is 5. The molecular weight excluding hydrogens is 250 g/mol. The van der Waals surface area contributed by atoms with Crippen LogP contribution in [-0.4, -0.2) is 16.6 Å². The summed E-state index contributed by atoms with van der Waals surface area (Å²) in [6.45, 7) is 3.12. The Morgan fingerprint density at radius 1 is 1.10 bits per heavy atom. The largest absolute Gasteiger partial charge is 0.300 e. The van der Waals surface area contributed by atoms with Crippen LogP contribution in [0.3, 0.4) is 0 Å². The summed E-state index contributed by atoms with van der Waals surface area (Å²) in [5.74, 6) is 0.173. The maximum absolute atomic E-state index is 11.5. The minimum absolute atomic E-state index is 0.0293. The molecule has 2 rings (SSSR count). The fourth-order valence-electron chi connectivity index (χ4n) is 2.10. The number of pyridine rings is 1. The van der Waals surface area contributed by atoms with Crippen molar-refractivity contribution in [2.75, 3.05) is 0 Å². The lowest BCUT2D eigenvalue weighted by atomic mass is 9.95. The molecule has 0 radical (unpaired) electrons. The summed E-state index contributed by atoms with van der Waals surface area (Å²) in [5, 5.41) is 0. The van der Waals surface area contributed by atoms with Crippen molar-refractivity contribution in [1.29, 1.82) is 0 Å². The smallest absolute Gasteiger partial charge is 0.159 e. The van der Waals surface area contributed by atoms with Gasteiger partial charge in [0.15, 0.2) is 5.78 Å². The SMILES string of the molecule is CC(=O)CCc1cc(C(C)=O)ccc1-c1ccccn1. The van der Waals surface area contributed by atoms with Gasteiger partial charge in [0.2, 0.25) is 0 Å². The molecule has 0 amide bonds. The first-order valence-corrected chi connectivity index (χ1v) is 6.62. The van der Waals surface area contributed by atoms with Crippen molar-refractivity contribution in [3.63, 3.8) is 0 Å². The molecule has 1 aromatic carbocycles. The van der Waals surface area contributed by atoms with Crippen molar-refractivity contribution in [2.24, 2.45) is 0 Å². The molecule has 3 heteroatoms. The third-order valence-corrected chi connectivity index (χ3v) is 3.20. The lowest BCUT2D eigenvalue weighted by Gasteiger charge is -2.10. The zero-order valence-corrected chi connectivity index (χ0v) is 11.7. The van der Waals surface area contributed by atoms with Crippen LogP contribution in [0, 0.1) is 0 Å². The standard InChI is InChI=1S/C17H17NO2/c1-12(19)6-7-15-11-14(13(2)20)8-9-16(15)17-5-3-4-10-18-17/h3-5,8-11H,6-7H2,1-2H3. The van der Waals surface area contributed by atoms with Gasteiger partial charge in [0, 0.05) is 23.7 Å². The van der Waals surface area contributed by atoms with E-state index < -0.39 is 0 Å². The second kappa shape index (κ2) is 6.24. The maximum atomic E-state index is 11.5. The van der Waals surface area contributed by atoms with Gasteiger partial charge in [-0.15, -0.1) is 0 Å². The lowest BCUT2D eigenvalue weighted by Crippen LogP contribution is -2.00. The van der Waals surface area contributed by atoms with Gasteiger partial charge in [0.25, 0.3) is 0 Å². The zero-order chi connectivity index (χ0) is 14.5. The summed E-state index contributed by atoms with van der Waals surface area (Å²) in [6, 6.07) is 11.3. The minimum atomic E-state index is 0.0293. The number of carbonyl (C=O) groups is 2. The topological polar surface area (TPSA) is 47.0 Å². The lowest BCUT2D eigenvalue weighted by molar-refractivity contribution is -0.116. The van der Waals surface area contributed by atoms with E-state index in [9.17, 15) is 9.59 Å². The number of aromatic nitrogens is 1. The van der Waals surface area contributed by atoms with E-state index in [1.54, 1.807) is 20.0 Å². The van der Waals surface area contributed by atoms with E-state index in [0.717, 1.165) is 16.8 Å². The van der Waals surface area contributed by atoms with Crippen LogP contribution in [0.1, 0.15) is 36.2 Å². The quantitative estimate of drug-likeness (QED) is 0.779. The third-order valence-electron chi connectivity index (χ3n) is 3.20. The van der Waals surface area contributed by atoms with Crippen LogP contribution in [0.25, 0.3) is 11.3 Å². The molecule has 1 heterocycles. The first-order valence-electron chi connectivity index (χ1n) is 6.62. The number of nitrogens with zero attached hydrogens (tertiary/aromatic N) is 1. The molecular formula is C17H17NO2. The first-order chi connectivity index (χ1) is 9.58. The van der Waals surface area contributed by atoms with E-state index in [0.29, 0.717) is 18.4 Å². The van der Waals surface area contributed by atoms with E-state index >= 15 is 0 Å². The van der Waals surface area contributed by atoms with Gasteiger partial charge < -0.3 is 4.79 Å². The van der Waals surface area contributed by atoms with Crippen LogP contribution in [0.4, 0.5) is 0 Å². The number of ketones is 2. The Kier molecular flexibility index (Phi) is 4.41. The van der Waals surface area contributed by atoms with Crippen molar-refractivity contribution < 1.29 is 9.59 Å². The minimum Gasteiger partial charge on any atom is -0.300 e. The monoisotopic (exact) mass is 267 g/mol. The number of carbonyl (C=O) groups excluding carboxylic acids is 2. The van der Waals surface area contributed by atoms with Crippen LogP contribution < -0.4 is 0 Å². The summed E-state index contributed by atoms with van der Waals surface area (Å²) in [6.07, 6.45) is 2.84. The third kappa shape index (κ3) is 3.38. The number of Topliss-reactive ketones (excluding diaryl/α,β-unsaturated/α-hetero) is 2. The highest BCUT2D eigenvalue weighted by atomic mass is 16.1. The Morgan fingerprint density at radius 3 is 2.50 bits per heavy atom. The molecule has 20 heavy (non-hydrogen) atoms. The van der Waals surface area contributed by atoms with Gasteiger partial charge >= 0.3 is 0 Å². The molecule has 102 valence electrons. The molecule has 0 spiro atoms. The molecule has 0 bridgehead atoms. The van der Waals surface area contributed by atoms with Crippen molar-refractivity contribution in [3.05, 3.63) is 53.7 Å². The molecule has 0 atom stereocenters. The highest BCUT2D eigenvalue weighted by Crippen LogP contribution is 2.24. The number of benzene rings is 1. The van der Waals surface area contributed by atoms with Gasteiger partial charge in [-0.3, -0.25) is 9.78 Å².